The van der Waals surface area contributed by atoms with Crippen LogP contribution in [0.2, 0.25) is 0 Å². The highest BCUT2D eigenvalue weighted by molar-refractivity contribution is 5.68. The molecule has 0 saturated carbocycles. The van der Waals surface area contributed by atoms with E-state index in [2.05, 4.69) is 5.32 Å². The van der Waals surface area contributed by atoms with Gasteiger partial charge in [0.1, 0.15) is 5.60 Å². The standard InChI is InChI=1S/C11H22N2O5/c1-11(2,3)18-10(16)13-8(6-12)7-17-5-4-9(14)15/h8H,4-7,12H2,1-3H3,(H,13,16)(H,14,15)/t8-/m0/s1. The molecule has 0 aromatic rings. The van der Waals surface area contributed by atoms with Crippen LogP contribution in [0.15, 0.2) is 0 Å². The molecule has 0 radical (unpaired) electrons. The predicted molar refractivity (Wildman–Crippen MR) is 65.3 cm³/mol. The summed E-state index contributed by atoms with van der Waals surface area (Å²) in [7, 11) is 0. The van der Waals surface area contributed by atoms with E-state index in [-0.39, 0.29) is 26.2 Å². The number of ether oxygens (including phenoxy) is 2. The minimum atomic E-state index is -0.931. The van der Waals surface area contributed by atoms with E-state index in [4.69, 9.17) is 20.3 Å². The summed E-state index contributed by atoms with van der Waals surface area (Å²) in [4.78, 5) is 21.7. The van der Waals surface area contributed by atoms with Crippen molar-refractivity contribution in [1.82, 2.24) is 5.32 Å². The first-order valence-electron chi connectivity index (χ1n) is 5.73. The van der Waals surface area contributed by atoms with Gasteiger partial charge in [-0.05, 0) is 20.8 Å². The van der Waals surface area contributed by atoms with Crippen LogP contribution in [-0.4, -0.2) is 48.6 Å². The molecule has 0 rings (SSSR count). The number of aliphatic carboxylic acids is 1. The molecule has 7 nitrogen and oxygen atoms in total. The van der Waals surface area contributed by atoms with Crippen LogP contribution in [0.25, 0.3) is 0 Å². The maximum atomic E-state index is 11.4. The van der Waals surface area contributed by atoms with Gasteiger partial charge in [0.2, 0.25) is 0 Å². The van der Waals surface area contributed by atoms with E-state index in [0.717, 1.165) is 0 Å². The summed E-state index contributed by atoms with van der Waals surface area (Å²) in [5.41, 5.74) is 4.88. The van der Waals surface area contributed by atoms with Gasteiger partial charge in [0.15, 0.2) is 0 Å². The maximum absolute atomic E-state index is 11.4. The molecule has 0 aliphatic rings. The number of nitrogens with one attached hydrogen (secondary N) is 1. The second kappa shape index (κ2) is 7.88. The summed E-state index contributed by atoms with van der Waals surface area (Å²) in [6, 6.07) is -0.395. The normalized spacial score (nSPS) is 12.9. The summed E-state index contributed by atoms with van der Waals surface area (Å²) in [5, 5.41) is 11.0. The third-order valence-electron chi connectivity index (χ3n) is 1.78. The number of carbonyl (C=O) groups excluding carboxylic acids is 1. The number of hydrogen-bond acceptors (Lipinski definition) is 5. The highest BCUT2D eigenvalue weighted by atomic mass is 16.6. The van der Waals surface area contributed by atoms with Crippen molar-refractivity contribution in [2.24, 2.45) is 5.73 Å². The Morgan fingerprint density at radius 2 is 2.00 bits per heavy atom. The molecule has 4 N–H and O–H groups in total. The quantitative estimate of drug-likeness (QED) is 0.570. The molecule has 0 spiro atoms. The summed E-state index contributed by atoms with van der Waals surface area (Å²) in [6.07, 6.45) is -0.649. The van der Waals surface area contributed by atoms with Crippen LogP contribution in [0.3, 0.4) is 0 Å². The Kier molecular flexibility index (Phi) is 7.30. The Bertz CT molecular complexity index is 275. The highest BCUT2D eigenvalue weighted by Crippen LogP contribution is 2.06. The van der Waals surface area contributed by atoms with Crippen molar-refractivity contribution in [3.05, 3.63) is 0 Å². The molecule has 0 fully saturated rings. The predicted octanol–water partition coefficient (Wildman–Crippen LogP) is 0.330. The SMILES string of the molecule is CC(C)(C)OC(=O)N[C@@H](CN)COCCC(=O)O. The van der Waals surface area contributed by atoms with Crippen molar-refractivity contribution in [3.8, 4) is 0 Å². The topological polar surface area (TPSA) is 111 Å². The highest BCUT2D eigenvalue weighted by Gasteiger charge is 2.18. The van der Waals surface area contributed by atoms with Gasteiger partial charge in [0.05, 0.1) is 25.7 Å². The lowest BCUT2D eigenvalue weighted by Crippen LogP contribution is -2.45. The van der Waals surface area contributed by atoms with Crippen LogP contribution in [0.1, 0.15) is 27.2 Å². The number of alkyl carbamates (subject to hydrolysis) is 1. The lowest BCUT2D eigenvalue weighted by Gasteiger charge is -2.22. The Balaban J connectivity index is 3.89. The van der Waals surface area contributed by atoms with Gasteiger partial charge in [0, 0.05) is 6.54 Å². The van der Waals surface area contributed by atoms with E-state index >= 15 is 0 Å². The van der Waals surface area contributed by atoms with E-state index in [0.29, 0.717) is 0 Å². The van der Waals surface area contributed by atoms with Crippen LogP contribution in [0.5, 0.6) is 0 Å². The first kappa shape index (κ1) is 16.7. The third-order valence-corrected chi connectivity index (χ3v) is 1.78. The van der Waals surface area contributed by atoms with Gasteiger partial charge < -0.3 is 25.6 Å². The van der Waals surface area contributed by atoms with E-state index in [1.54, 1.807) is 20.8 Å². The second-order valence-corrected chi connectivity index (χ2v) is 4.80. The Morgan fingerprint density at radius 1 is 1.39 bits per heavy atom. The van der Waals surface area contributed by atoms with Gasteiger partial charge in [-0.3, -0.25) is 4.79 Å². The molecular formula is C11H22N2O5. The number of hydrogen-bond donors (Lipinski definition) is 3. The van der Waals surface area contributed by atoms with Gasteiger partial charge in [-0.2, -0.15) is 0 Å². The third kappa shape index (κ3) is 9.86. The Morgan fingerprint density at radius 3 is 2.44 bits per heavy atom. The molecule has 1 atom stereocenters. The van der Waals surface area contributed by atoms with Gasteiger partial charge in [0.25, 0.3) is 0 Å². The molecule has 0 heterocycles. The molecule has 0 aliphatic heterocycles. The summed E-state index contributed by atoms with van der Waals surface area (Å²) in [5.74, 6) is -0.931. The van der Waals surface area contributed by atoms with Crippen LogP contribution >= 0.6 is 0 Å². The lowest BCUT2D eigenvalue weighted by molar-refractivity contribution is -0.138. The van der Waals surface area contributed by atoms with E-state index in [1.807, 2.05) is 0 Å². The number of rotatable bonds is 7. The Hall–Kier alpha value is -1.34. The zero-order valence-corrected chi connectivity index (χ0v) is 11.1. The first-order valence-corrected chi connectivity index (χ1v) is 5.73. The number of carbonyl (C=O) groups is 2. The smallest absolute Gasteiger partial charge is 0.407 e. The summed E-state index contributed by atoms with van der Waals surface area (Å²) < 4.78 is 10.2. The lowest BCUT2D eigenvalue weighted by atomic mass is 10.2. The fraction of sp³-hybridized carbons (Fsp3) is 0.818. The fourth-order valence-electron chi connectivity index (χ4n) is 1.03. The van der Waals surface area contributed by atoms with Crippen LogP contribution < -0.4 is 11.1 Å². The summed E-state index contributed by atoms with van der Waals surface area (Å²) in [6.45, 7) is 5.70. The molecule has 0 aromatic carbocycles. The van der Waals surface area contributed by atoms with Crippen molar-refractivity contribution < 1.29 is 24.2 Å². The molecule has 0 aliphatic carbocycles. The van der Waals surface area contributed by atoms with Crippen molar-refractivity contribution in [2.75, 3.05) is 19.8 Å². The van der Waals surface area contributed by atoms with Gasteiger partial charge in [-0.15, -0.1) is 0 Å². The maximum Gasteiger partial charge on any atom is 0.407 e. The van der Waals surface area contributed by atoms with Crippen LogP contribution in [0.4, 0.5) is 4.79 Å². The van der Waals surface area contributed by atoms with Crippen molar-refractivity contribution in [2.45, 2.75) is 38.8 Å². The number of amides is 1. The van der Waals surface area contributed by atoms with Crippen molar-refractivity contribution >= 4 is 12.1 Å². The molecule has 7 heteroatoms. The molecular weight excluding hydrogens is 240 g/mol. The fourth-order valence-corrected chi connectivity index (χ4v) is 1.03. The van der Waals surface area contributed by atoms with Crippen LogP contribution in [-0.2, 0) is 14.3 Å². The van der Waals surface area contributed by atoms with Crippen molar-refractivity contribution in [3.63, 3.8) is 0 Å². The van der Waals surface area contributed by atoms with Crippen LogP contribution in [0, 0.1) is 0 Å². The minimum absolute atomic E-state index is 0.0796. The zero-order valence-electron chi connectivity index (χ0n) is 11.1. The molecule has 0 aromatic heterocycles. The molecule has 0 unspecified atom stereocenters. The van der Waals surface area contributed by atoms with Gasteiger partial charge >= 0.3 is 12.1 Å². The number of nitrogens with two attached hydrogens (primary N) is 1. The molecule has 0 bridgehead atoms. The second-order valence-electron chi connectivity index (χ2n) is 4.80. The molecule has 18 heavy (non-hydrogen) atoms. The van der Waals surface area contributed by atoms with Gasteiger partial charge in [-0.1, -0.05) is 0 Å². The average molecular weight is 262 g/mol. The van der Waals surface area contributed by atoms with E-state index in [1.165, 1.54) is 0 Å². The average Bonchev–Trinajstić information content (AvgIpc) is 2.19. The summed E-state index contributed by atoms with van der Waals surface area (Å²) >= 11 is 0. The minimum Gasteiger partial charge on any atom is -0.481 e. The van der Waals surface area contributed by atoms with E-state index < -0.39 is 23.7 Å². The first-order chi connectivity index (χ1) is 8.24. The van der Waals surface area contributed by atoms with Gasteiger partial charge in [-0.25, -0.2) is 4.79 Å². The molecule has 106 valence electrons. The monoisotopic (exact) mass is 262 g/mol. The number of carboxylic acids is 1. The zero-order chi connectivity index (χ0) is 14.2. The Labute approximate surface area is 107 Å². The van der Waals surface area contributed by atoms with E-state index in [9.17, 15) is 9.59 Å². The molecule has 0 saturated heterocycles. The largest absolute Gasteiger partial charge is 0.481 e. The number of carboxylic acid groups (broad SMARTS) is 1. The van der Waals surface area contributed by atoms with Crippen molar-refractivity contribution in [1.29, 1.82) is 0 Å². The molecule has 1 amide bonds.